The monoisotopic (exact) mass is 237 g/mol. The SMILES string of the molecule is NC(Cc1coc2ccccc12)c1ccccc1. The van der Waals surface area contributed by atoms with Gasteiger partial charge in [0.25, 0.3) is 0 Å². The van der Waals surface area contributed by atoms with Crippen LogP contribution in [0.1, 0.15) is 17.2 Å². The van der Waals surface area contributed by atoms with Crippen molar-refractivity contribution in [1.29, 1.82) is 0 Å². The van der Waals surface area contributed by atoms with Gasteiger partial charge in [-0.05, 0) is 18.1 Å². The van der Waals surface area contributed by atoms with E-state index >= 15 is 0 Å². The minimum atomic E-state index is 0.00667. The standard InChI is InChI=1S/C16H15NO/c17-15(12-6-2-1-3-7-12)10-13-11-18-16-9-5-4-8-14(13)16/h1-9,11,15H,10,17H2. The molecule has 0 spiro atoms. The summed E-state index contributed by atoms with van der Waals surface area (Å²) in [4.78, 5) is 0. The summed E-state index contributed by atoms with van der Waals surface area (Å²) in [6.07, 6.45) is 2.61. The van der Waals surface area contributed by atoms with E-state index in [1.54, 1.807) is 0 Å². The van der Waals surface area contributed by atoms with Gasteiger partial charge >= 0.3 is 0 Å². The van der Waals surface area contributed by atoms with Crippen molar-refractivity contribution in [2.75, 3.05) is 0 Å². The number of furan rings is 1. The Morgan fingerprint density at radius 2 is 1.67 bits per heavy atom. The van der Waals surface area contributed by atoms with Crippen LogP contribution in [-0.4, -0.2) is 0 Å². The van der Waals surface area contributed by atoms with Crippen LogP contribution in [0.15, 0.2) is 65.3 Å². The molecule has 2 nitrogen and oxygen atoms in total. The first-order valence-electron chi connectivity index (χ1n) is 6.10. The quantitative estimate of drug-likeness (QED) is 0.754. The maximum Gasteiger partial charge on any atom is 0.134 e. The van der Waals surface area contributed by atoms with Crippen molar-refractivity contribution in [2.24, 2.45) is 5.73 Å². The van der Waals surface area contributed by atoms with E-state index in [2.05, 4.69) is 18.2 Å². The number of benzene rings is 2. The van der Waals surface area contributed by atoms with Crippen LogP contribution < -0.4 is 5.73 Å². The van der Waals surface area contributed by atoms with Crippen LogP contribution in [0.3, 0.4) is 0 Å². The third-order valence-corrected chi connectivity index (χ3v) is 3.23. The van der Waals surface area contributed by atoms with Gasteiger partial charge in [-0.1, -0.05) is 48.5 Å². The summed E-state index contributed by atoms with van der Waals surface area (Å²) in [5, 5.41) is 1.16. The zero-order chi connectivity index (χ0) is 12.4. The lowest BCUT2D eigenvalue weighted by molar-refractivity contribution is 0.604. The molecule has 0 radical (unpaired) electrons. The Kier molecular flexibility index (Phi) is 2.87. The van der Waals surface area contributed by atoms with Gasteiger partial charge in [-0.25, -0.2) is 0 Å². The van der Waals surface area contributed by atoms with Crippen LogP contribution in [0, 0.1) is 0 Å². The molecule has 90 valence electrons. The number of para-hydroxylation sites is 1. The molecule has 18 heavy (non-hydrogen) atoms. The second-order valence-corrected chi connectivity index (χ2v) is 4.48. The highest BCUT2D eigenvalue weighted by Gasteiger charge is 2.11. The summed E-state index contributed by atoms with van der Waals surface area (Å²) in [5.41, 5.74) is 9.48. The van der Waals surface area contributed by atoms with Gasteiger partial charge < -0.3 is 10.2 Å². The van der Waals surface area contributed by atoms with Crippen molar-refractivity contribution >= 4 is 11.0 Å². The Bertz CT molecular complexity index is 642. The Morgan fingerprint density at radius 1 is 0.944 bits per heavy atom. The van der Waals surface area contributed by atoms with Gasteiger partial charge in [0.15, 0.2) is 0 Å². The predicted octanol–water partition coefficient (Wildman–Crippen LogP) is 3.68. The van der Waals surface area contributed by atoms with Crippen LogP contribution in [0.2, 0.25) is 0 Å². The van der Waals surface area contributed by atoms with Crippen molar-refractivity contribution in [2.45, 2.75) is 12.5 Å². The highest BCUT2D eigenvalue weighted by Crippen LogP contribution is 2.24. The molecule has 0 fully saturated rings. The van der Waals surface area contributed by atoms with Gasteiger partial charge in [0, 0.05) is 17.0 Å². The van der Waals surface area contributed by atoms with Crippen LogP contribution >= 0.6 is 0 Å². The number of fused-ring (bicyclic) bond motifs is 1. The molecule has 1 atom stereocenters. The molecule has 0 aliphatic heterocycles. The van der Waals surface area contributed by atoms with Crippen LogP contribution in [0.5, 0.6) is 0 Å². The topological polar surface area (TPSA) is 39.2 Å². The first-order chi connectivity index (χ1) is 8.84. The summed E-state index contributed by atoms with van der Waals surface area (Å²) < 4.78 is 5.53. The molecule has 2 aromatic carbocycles. The Morgan fingerprint density at radius 3 is 2.50 bits per heavy atom. The zero-order valence-electron chi connectivity index (χ0n) is 10.0. The van der Waals surface area contributed by atoms with Crippen LogP contribution in [0.25, 0.3) is 11.0 Å². The molecule has 0 saturated heterocycles. The lowest BCUT2D eigenvalue weighted by Crippen LogP contribution is -2.12. The summed E-state index contributed by atoms with van der Waals surface area (Å²) in [7, 11) is 0. The Hall–Kier alpha value is -2.06. The van der Waals surface area contributed by atoms with Gasteiger partial charge in [0.2, 0.25) is 0 Å². The first kappa shape index (κ1) is 11.1. The summed E-state index contributed by atoms with van der Waals surface area (Å²) in [6.45, 7) is 0. The Balaban J connectivity index is 1.89. The van der Waals surface area contributed by atoms with E-state index in [0.29, 0.717) is 0 Å². The molecule has 1 aromatic heterocycles. The smallest absolute Gasteiger partial charge is 0.134 e. The lowest BCUT2D eigenvalue weighted by Gasteiger charge is -2.10. The largest absolute Gasteiger partial charge is 0.464 e. The fourth-order valence-corrected chi connectivity index (χ4v) is 2.25. The van der Waals surface area contributed by atoms with Crippen molar-refractivity contribution in [3.05, 3.63) is 72.0 Å². The minimum Gasteiger partial charge on any atom is -0.464 e. The molecule has 2 N–H and O–H groups in total. The lowest BCUT2D eigenvalue weighted by atomic mass is 9.99. The highest BCUT2D eigenvalue weighted by atomic mass is 16.3. The van der Waals surface area contributed by atoms with E-state index in [-0.39, 0.29) is 6.04 Å². The number of nitrogens with two attached hydrogens (primary N) is 1. The fourth-order valence-electron chi connectivity index (χ4n) is 2.25. The Labute approximate surface area is 106 Å². The van der Waals surface area contributed by atoms with E-state index in [4.69, 9.17) is 10.2 Å². The normalized spacial score (nSPS) is 12.7. The predicted molar refractivity (Wildman–Crippen MR) is 73.3 cm³/mol. The average molecular weight is 237 g/mol. The van der Waals surface area contributed by atoms with Crippen molar-refractivity contribution < 1.29 is 4.42 Å². The molecular weight excluding hydrogens is 222 g/mol. The molecular formula is C16H15NO. The van der Waals surface area contributed by atoms with Crippen LogP contribution in [0.4, 0.5) is 0 Å². The third-order valence-electron chi connectivity index (χ3n) is 3.23. The molecule has 0 amide bonds. The maximum absolute atomic E-state index is 6.24. The summed E-state index contributed by atoms with van der Waals surface area (Å²) >= 11 is 0. The van der Waals surface area contributed by atoms with E-state index < -0.39 is 0 Å². The second-order valence-electron chi connectivity index (χ2n) is 4.48. The van der Waals surface area contributed by atoms with Gasteiger partial charge in [0.05, 0.1) is 6.26 Å². The van der Waals surface area contributed by atoms with Gasteiger partial charge in [-0.2, -0.15) is 0 Å². The minimum absolute atomic E-state index is 0.00667. The van der Waals surface area contributed by atoms with Crippen molar-refractivity contribution in [3.8, 4) is 0 Å². The highest BCUT2D eigenvalue weighted by molar-refractivity contribution is 5.80. The molecule has 0 bridgehead atoms. The zero-order valence-corrected chi connectivity index (χ0v) is 10.0. The second kappa shape index (κ2) is 4.67. The van der Waals surface area contributed by atoms with E-state index in [9.17, 15) is 0 Å². The molecule has 3 aromatic rings. The molecule has 0 saturated carbocycles. The molecule has 2 heteroatoms. The van der Waals surface area contributed by atoms with Gasteiger partial charge in [-0.3, -0.25) is 0 Å². The first-order valence-corrected chi connectivity index (χ1v) is 6.10. The molecule has 0 aliphatic carbocycles. The van der Waals surface area contributed by atoms with Crippen LogP contribution in [-0.2, 0) is 6.42 Å². The molecule has 1 heterocycles. The molecule has 1 unspecified atom stereocenters. The van der Waals surface area contributed by atoms with Gasteiger partial charge in [-0.15, -0.1) is 0 Å². The fraction of sp³-hybridized carbons (Fsp3) is 0.125. The molecule has 0 aliphatic rings. The number of hydrogen-bond acceptors (Lipinski definition) is 2. The summed E-state index contributed by atoms with van der Waals surface area (Å²) in [6, 6.07) is 18.2. The van der Waals surface area contributed by atoms with E-state index in [1.807, 2.05) is 42.7 Å². The van der Waals surface area contributed by atoms with E-state index in [1.165, 1.54) is 5.56 Å². The number of rotatable bonds is 3. The third kappa shape index (κ3) is 2.03. The van der Waals surface area contributed by atoms with Crippen molar-refractivity contribution in [1.82, 2.24) is 0 Å². The average Bonchev–Trinajstić information content (AvgIpc) is 2.83. The number of hydrogen-bond donors (Lipinski definition) is 1. The van der Waals surface area contributed by atoms with Gasteiger partial charge in [0.1, 0.15) is 5.58 Å². The van der Waals surface area contributed by atoms with E-state index in [0.717, 1.165) is 23.0 Å². The maximum atomic E-state index is 6.24. The molecule has 3 rings (SSSR count). The van der Waals surface area contributed by atoms with Crippen molar-refractivity contribution in [3.63, 3.8) is 0 Å². The summed E-state index contributed by atoms with van der Waals surface area (Å²) in [5.74, 6) is 0.